The molecule has 2 unspecified atom stereocenters. The van der Waals surface area contributed by atoms with Crippen LogP contribution < -0.4 is 5.73 Å². The van der Waals surface area contributed by atoms with Crippen molar-refractivity contribution < 1.29 is 8.91 Å². The molecule has 0 saturated carbocycles. The van der Waals surface area contributed by atoms with Crippen LogP contribution in [0.1, 0.15) is 37.8 Å². The number of halogens is 2. The van der Waals surface area contributed by atoms with E-state index >= 15 is 0 Å². The molecule has 0 aliphatic carbocycles. The number of hydrogen-bond acceptors (Lipinski definition) is 5. The van der Waals surface area contributed by atoms with Gasteiger partial charge in [0.1, 0.15) is 5.82 Å². The minimum absolute atomic E-state index is 0. The van der Waals surface area contributed by atoms with Crippen molar-refractivity contribution in [3.63, 3.8) is 0 Å². The third-order valence-electron chi connectivity index (χ3n) is 4.86. The highest BCUT2D eigenvalue weighted by molar-refractivity contribution is 5.85. The van der Waals surface area contributed by atoms with E-state index < -0.39 is 0 Å². The summed E-state index contributed by atoms with van der Waals surface area (Å²) in [7, 11) is 0. The molecule has 1 aromatic heterocycles. The molecule has 1 aliphatic heterocycles. The zero-order valence-electron chi connectivity index (χ0n) is 14.3. The Morgan fingerprint density at radius 2 is 2.21 bits per heavy atom. The van der Waals surface area contributed by atoms with Crippen molar-refractivity contribution in [1.29, 1.82) is 0 Å². The van der Waals surface area contributed by atoms with Crippen LogP contribution in [0.4, 0.5) is 4.39 Å². The molecule has 2 atom stereocenters. The van der Waals surface area contributed by atoms with Crippen LogP contribution >= 0.6 is 12.4 Å². The molecule has 132 valence electrons. The highest BCUT2D eigenvalue weighted by atomic mass is 35.5. The van der Waals surface area contributed by atoms with Gasteiger partial charge in [-0.3, -0.25) is 4.90 Å². The first kappa shape index (κ1) is 18.8. The lowest BCUT2D eigenvalue weighted by atomic mass is 9.90. The van der Waals surface area contributed by atoms with Crippen molar-refractivity contribution in [2.45, 2.75) is 33.2 Å². The first-order valence-corrected chi connectivity index (χ1v) is 7.96. The van der Waals surface area contributed by atoms with Crippen molar-refractivity contribution in [3.8, 4) is 11.4 Å². The van der Waals surface area contributed by atoms with Crippen molar-refractivity contribution >= 4 is 12.4 Å². The molecule has 2 aromatic rings. The molecule has 0 radical (unpaired) electrons. The van der Waals surface area contributed by atoms with Gasteiger partial charge in [-0.2, -0.15) is 4.98 Å². The average molecular weight is 355 g/mol. The fourth-order valence-corrected chi connectivity index (χ4v) is 2.97. The number of aryl methyl sites for hydroxylation is 1. The molecule has 3 rings (SSSR count). The Morgan fingerprint density at radius 3 is 2.83 bits per heavy atom. The van der Waals surface area contributed by atoms with Gasteiger partial charge in [0.15, 0.2) is 0 Å². The first-order valence-electron chi connectivity index (χ1n) is 7.96. The molecule has 24 heavy (non-hydrogen) atoms. The van der Waals surface area contributed by atoms with Gasteiger partial charge < -0.3 is 10.3 Å². The number of hydrogen-bond donors (Lipinski definition) is 1. The lowest BCUT2D eigenvalue weighted by molar-refractivity contribution is 0.188. The monoisotopic (exact) mass is 354 g/mol. The quantitative estimate of drug-likeness (QED) is 0.912. The molecule has 0 spiro atoms. The van der Waals surface area contributed by atoms with Crippen molar-refractivity contribution in [2.75, 3.05) is 19.6 Å². The van der Waals surface area contributed by atoms with Gasteiger partial charge in [0.2, 0.25) is 11.7 Å². The highest BCUT2D eigenvalue weighted by Crippen LogP contribution is 2.34. The minimum atomic E-state index is -0.264. The predicted molar refractivity (Wildman–Crippen MR) is 93.4 cm³/mol. The van der Waals surface area contributed by atoms with Gasteiger partial charge in [-0.25, -0.2) is 4.39 Å². The number of nitrogens with two attached hydrogens (primary N) is 1. The second-order valence-corrected chi connectivity index (χ2v) is 6.83. The number of rotatable bonds is 4. The fraction of sp³-hybridized carbons (Fsp3) is 0.529. The largest absolute Gasteiger partial charge is 0.337 e. The van der Waals surface area contributed by atoms with E-state index in [0.29, 0.717) is 29.4 Å². The third-order valence-corrected chi connectivity index (χ3v) is 4.86. The van der Waals surface area contributed by atoms with E-state index in [9.17, 15) is 4.39 Å². The molecule has 0 bridgehead atoms. The van der Waals surface area contributed by atoms with Crippen LogP contribution in [-0.4, -0.2) is 34.7 Å². The molecule has 1 aliphatic rings. The zero-order chi connectivity index (χ0) is 16.6. The summed E-state index contributed by atoms with van der Waals surface area (Å²) in [5.74, 6) is 0.717. The Bertz CT molecular complexity index is 708. The summed E-state index contributed by atoms with van der Waals surface area (Å²) >= 11 is 0. The lowest BCUT2D eigenvalue weighted by Gasteiger charge is -2.25. The van der Waals surface area contributed by atoms with Gasteiger partial charge in [0.05, 0.1) is 6.04 Å². The molecule has 2 N–H and O–H groups in total. The number of aromatic nitrogens is 2. The van der Waals surface area contributed by atoms with Crippen LogP contribution in [0, 0.1) is 18.2 Å². The molecular weight excluding hydrogens is 331 g/mol. The van der Waals surface area contributed by atoms with E-state index in [1.165, 1.54) is 6.07 Å². The molecule has 5 nitrogen and oxygen atoms in total. The summed E-state index contributed by atoms with van der Waals surface area (Å²) in [4.78, 5) is 6.76. The van der Waals surface area contributed by atoms with E-state index in [1.807, 2.05) is 0 Å². The average Bonchev–Trinajstić information content (AvgIpc) is 3.17. The highest BCUT2D eigenvalue weighted by Gasteiger charge is 2.36. The van der Waals surface area contributed by atoms with Gasteiger partial charge in [0.25, 0.3) is 0 Å². The van der Waals surface area contributed by atoms with Gasteiger partial charge in [-0.05, 0) is 50.4 Å². The van der Waals surface area contributed by atoms with Crippen LogP contribution in [-0.2, 0) is 0 Å². The van der Waals surface area contributed by atoms with E-state index in [4.69, 9.17) is 10.3 Å². The summed E-state index contributed by atoms with van der Waals surface area (Å²) in [6, 6.07) is 4.99. The maximum Gasteiger partial charge on any atom is 0.244 e. The summed E-state index contributed by atoms with van der Waals surface area (Å²) < 4.78 is 19.1. The van der Waals surface area contributed by atoms with Gasteiger partial charge in [-0.15, -0.1) is 12.4 Å². The van der Waals surface area contributed by atoms with Crippen LogP contribution in [0.2, 0.25) is 0 Å². The van der Waals surface area contributed by atoms with Crippen LogP contribution in [0.15, 0.2) is 22.7 Å². The summed E-state index contributed by atoms with van der Waals surface area (Å²) in [6.07, 6.45) is 1.07. The fourth-order valence-electron chi connectivity index (χ4n) is 2.97. The van der Waals surface area contributed by atoms with E-state index in [0.717, 1.165) is 19.5 Å². The molecule has 1 saturated heterocycles. The van der Waals surface area contributed by atoms with Crippen molar-refractivity contribution in [1.82, 2.24) is 15.0 Å². The standard InChI is InChI=1S/C17H23FN4O.ClH/c1-11-4-5-13(8-14(11)18)15-20-16(23-21-15)12(2)22-7-6-17(3,9-19)10-22;/h4-5,8,12H,6-7,9-10,19H2,1-3H3;1H. The Hall–Kier alpha value is -1.50. The smallest absolute Gasteiger partial charge is 0.244 e. The van der Waals surface area contributed by atoms with Crippen LogP contribution in [0.3, 0.4) is 0 Å². The second kappa shape index (κ2) is 7.17. The topological polar surface area (TPSA) is 68.2 Å². The third kappa shape index (κ3) is 3.61. The van der Waals surface area contributed by atoms with Crippen molar-refractivity contribution in [2.24, 2.45) is 11.1 Å². The first-order chi connectivity index (χ1) is 10.9. The van der Waals surface area contributed by atoms with E-state index in [-0.39, 0.29) is 29.7 Å². The number of likely N-dealkylation sites (tertiary alicyclic amines) is 1. The summed E-state index contributed by atoms with van der Waals surface area (Å²) in [6.45, 7) is 8.54. The normalized spacial score (nSPS) is 22.4. The Balaban J connectivity index is 0.00000208. The lowest BCUT2D eigenvalue weighted by Crippen LogP contribution is -2.32. The number of benzene rings is 1. The SMILES string of the molecule is Cc1ccc(-c2noc(C(C)N3CCC(C)(CN)C3)n2)cc1F.Cl. The van der Waals surface area contributed by atoms with E-state index in [1.54, 1.807) is 19.1 Å². The Labute approximate surface area is 147 Å². The van der Waals surface area contributed by atoms with Gasteiger partial charge >= 0.3 is 0 Å². The van der Waals surface area contributed by atoms with Crippen LogP contribution in [0.5, 0.6) is 0 Å². The van der Waals surface area contributed by atoms with Gasteiger partial charge in [-0.1, -0.05) is 24.2 Å². The Morgan fingerprint density at radius 1 is 1.46 bits per heavy atom. The van der Waals surface area contributed by atoms with Crippen LogP contribution in [0.25, 0.3) is 11.4 Å². The molecule has 2 heterocycles. The molecule has 0 amide bonds. The van der Waals surface area contributed by atoms with Gasteiger partial charge in [0, 0.05) is 12.1 Å². The summed E-state index contributed by atoms with van der Waals surface area (Å²) in [5, 5.41) is 4.00. The maximum atomic E-state index is 13.7. The minimum Gasteiger partial charge on any atom is -0.337 e. The molecular formula is C17H24ClFN4O. The zero-order valence-corrected chi connectivity index (χ0v) is 15.1. The molecule has 7 heteroatoms. The van der Waals surface area contributed by atoms with Crippen molar-refractivity contribution in [3.05, 3.63) is 35.5 Å². The molecule has 1 aromatic carbocycles. The van der Waals surface area contributed by atoms with E-state index in [2.05, 4.69) is 28.9 Å². The number of nitrogens with zero attached hydrogens (tertiary/aromatic N) is 3. The second-order valence-electron chi connectivity index (χ2n) is 6.83. The predicted octanol–water partition coefficient (Wildman–Crippen LogP) is 3.34. The molecule has 1 fully saturated rings. The Kier molecular flexibility index (Phi) is 5.63. The maximum absolute atomic E-state index is 13.7. The summed E-state index contributed by atoms with van der Waals surface area (Å²) in [5.41, 5.74) is 7.24.